The molecule has 2 aromatic rings. The van der Waals surface area contributed by atoms with Crippen LogP contribution in [0.4, 0.5) is 0 Å². The lowest BCUT2D eigenvalue weighted by Gasteiger charge is -2.11. The zero-order chi connectivity index (χ0) is 13.8. The molecule has 19 heavy (non-hydrogen) atoms. The van der Waals surface area contributed by atoms with Crippen molar-refractivity contribution in [3.8, 4) is 5.75 Å². The van der Waals surface area contributed by atoms with Crippen LogP contribution in [-0.4, -0.2) is 22.2 Å². The molecule has 0 saturated carbocycles. The Morgan fingerprint density at radius 1 is 1.26 bits per heavy atom. The van der Waals surface area contributed by atoms with Crippen LogP contribution < -0.4 is 4.74 Å². The quantitative estimate of drug-likeness (QED) is 0.898. The number of carbonyl (C=O) groups is 1. The van der Waals surface area contributed by atoms with Crippen LogP contribution in [0.5, 0.6) is 5.75 Å². The molecular formula is C15H17NO3. The maximum atomic E-state index is 11.0. The molecule has 4 heteroatoms. The molecule has 1 N–H and O–H groups in total. The summed E-state index contributed by atoms with van der Waals surface area (Å²) in [6, 6.07) is 11.3. The van der Waals surface area contributed by atoms with Gasteiger partial charge in [-0.25, -0.2) is 4.79 Å². The Labute approximate surface area is 112 Å². The standard InChI is InChI=1S/C15H17NO3/c1-11-10-14(15(17)18)12(2)16(11)8-9-19-13-6-4-3-5-7-13/h3-7,10H,8-9H2,1-2H3,(H,17,18). The molecule has 0 aliphatic carbocycles. The van der Waals surface area contributed by atoms with Crippen molar-refractivity contribution in [2.24, 2.45) is 0 Å². The number of aromatic carboxylic acids is 1. The minimum atomic E-state index is -0.886. The first-order valence-electron chi connectivity index (χ1n) is 6.17. The highest BCUT2D eigenvalue weighted by molar-refractivity contribution is 5.89. The van der Waals surface area contributed by atoms with Gasteiger partial charge in [0.2, 0.25) is 0 Å². The summed E-state index contributed by atoms with van der Waals surface area (Å²) in [5, 5.41) is 9.06. The van der Waals surface area contributed by atoms with Crippen LogP contribution in [0.1, 0.15) is 21.7 Å². The van der Waals surface area contributed by atoms with Crippen LogP contribution >= 0.6 is 0 Å². The molecule has 0 saturated heterocycles. The molecule has 2 rings (SSSR count). The van der Waals surface area contributed by atoms with Gasteiger partial charge >= 0.3 is 5.97 Å². The number of hydrogen-bond donors (Lipinski definition) is 1. The van der Waals surface area contributed by atoms with Crippen LogP contribution in [0.15, 0.2) is 36.4 Å². The average molecular weight is 259 g/mol. The Morgan fingerprint density at radius 3 is 2.53 bits per heavy atom. The van der Waals surface area contributed by atoms with E-state index in [1.807, 2.05) is 48.7 Å². The van der Waals surface area contributed by atoms with Gasteiger partial charge in [0.05, 0.1) is 12.1 Å². The van der Waals surface area contributed by atoms with Crippen molar-refractivity contribution in [1.29, 1.82) is 0 Å². The topological polar surface area (TPSA) is 51.5 Å². The normalized spacial score (nSPS) is 10.4. The third kappa shape index (κ3) is 2.96. The average Bonchev–Trinajstić information content (AvgIpc) is 2.68. The molecule has 0 spiro atoms. The summed E-state index contributed by atoms with van der Waals surface area (Å²) in [6.07, 6.45) is 0. The molecule has 0 amide bonds. The molecule has 4 nitrogen and oxygen atoms in total. The number of aryl methyl sites for hydroxylation is 1. The number of para-hydroxylation sites is 1. The van der Waals surface area contributed by atoms with E-state index >= 15 is 0 Å². The van der Waals surface area contributed by atoms with E-state index in [0.29, 0.717) is 18.7 Å². The second-order valence-electron chi connectivity index (χ2n) is 4.40. The number of ether oxygens (including phenoxy) is 1. The van der Waals surface area contributed by atoms with Gasteiger partial charge in [0.15, 0.2) is 0 Å². The van der Waals surface area contributed by atoms with Gasteiger partial charge in [0.25, 0.3) is 0 Å². The summed E-state index contributed by atoms with van der Waals surface area (Å²) in [5.41, 5.74) is 2.06. The number of rotatable bonds is 5. The summed E-state index contributed by atoms with van der Waals surface area (Å²) in [5.74, 6) is -0.0632. The predicted octanol–water partition coefficient (Wildman–Crippen LogP) is 2.88. The lowest BCUT2D eigenvalue weighted by Crippen LogP contribution is -2.11. The van der Waals surface area contributed by atoms with Crippen LogP contribution in [0.3, 0.4) is 0 Å². The van der Waals surface area contributed by atoms with E-state index in [1.165, 1.54) is 0 Å². The van der Waals surface area contributed by atoms with Crippen molar-refractivity contribution in [2.75, 3.05) is 6.61 Å². The van der Waals surface area contributed by atoms with Gasteiger partial charge in [-0.3, -0.25) is 0 Å². The molecule has 0 bridgehead atoms. The first-order valence-corrected chi connectivity index (χ1v) is 6.17. The third-order valence-electron chi connectivity index (χ3n) is 3.13. The first-order chi connectivity index (χ1) is 9.09. The zero-order valence-corrected chi connectivity index (χ0v) is 11.1. The van der Waals surface area contributed by atoms with Crippen molar-refractivity contribution < 1.29 is 14.6 Å². The fourth-order valence-electron chi connectivity index (χ4n) is 2.13. The van der Waals surface area contributed by atoms with E-state index in [9.17, 15) is 4.79 Å². The lowest BCUT2D eigenvalue weighted by atomic mass is 10.2. The second kappa shape index (κ2) is 5.61. The van der Waals surface area contributed by atoms with Gasteiger partial charge in [-0.2, -0.15) is 0 Å². The maximum absolute atomic E-state index is 11.0. The Bertz CT molecular complexity index is 573. The largest absolute Gasteiger partial charge is 0.492 e. The molecular weight excluding hydrogens is 242 g/mol. The summed E-state index contributed by atoms with van der Waals surface area (Å²) < 4.78 is 7.59. The van der Waals surface area contributed by atoms with Crippen LogP contribution in [0.2, 0.25) is 0 Å². The van der Waals surface area contributed by atoms with Gasteiger partial charge in [0.1, 0.15) is 12.4 Å². The lowest BCUT2D eigenvalue weighted by molar-refractivity contribution is 0.0696. The number of hydrogen-bond acceptors (Lipinski definition) is 2. The monoisotopic (exact) mass is 259 g/mol. The van der Waals surface area contributed by atoms with Crippen molar-refractivity contribution in [3.63, 3.8) is 0 Å². The molecule has 1 heterocycles. The SMILES string of the molecule is Cc1cc(C(=O)O)c(C)n1CCOc1ccccc1. The highest BCUT2D eigenvalue weighted by Gasteiger charge is 2.14. The van der Waals surface area contributed by atoms with Crippen molar-refractivity contribution in [2.45, 2.75) is 20.4 Å². The molecule has 0 unspecified atom stereocenters. The van der Waals surface area contributed by atoms with Crippen LogP contribution in [-0.2, 0) is 6.54 Å². The minimum absolute atomic E-state index is 0.359. The van der Waals surface area contributed by atoms with Crippen molar-refractivity contribution in [1.82, 2.24) is 4.57 Å². The van der Waals surface area contributed by atoms with Crippen LogP contribution in [0.25, 0.3) is 0 Å². The van der Waals surface area contributed by atoms with Crippen molar-refractivity contribution in [3.05, 3.63) is 53.3 Å². The van der Waals surface area contributed by atoms with Gasteiger partial charge in [-0.15, -0.1) is 0 Å². The van der Waals surface area contributed by atoms with E-state index in [-0.39, 0.29) is 0 Å². The van der Waals surface area contributed by atoms with E-state index < -0.39 is 5.97 Å². The highest BCUT2D eigenvalue weighted by Crippen LogP contribution is 2.15. The van der Waals surface area contributed by atoms with E-state index in [0.717, 1.165) is 17.1 Å². The molecule has 0 aliphatic heterocycles. The number of benzene rings is 1. The molecule has 100 valence electrons. The maximum Gasteiger partial charge on any atom is 0.337 e. The predicted molar refractivity (Wildman–Crippen MR) is 72.8 cm³/mol. The van der Waals surface area contributed by atoms with Crippen LogP contribution in [0, 0.1) is 13.8 Å². The summed E-state index contributed by atoms with van der Waals surface area (Å²) >= 11 is 0. The third-order valence-corrected chi connectivity index (χ3v) is 3.13. The Balaban J connectivity index is 2.02. The molecule has 0 fully saturated rings. The molecule has 1 aromatic carbocycles. The molecule has 0 aliphatic rings. The Kier molecular flexibility index (Phi) is 3.90. The van der Waals surface area contributed by atoms with Gasteiger partial charge < -0.3 is 14.4 Å². The van der Waals surface area contributed by atoms with E-state index in [1.54, 1.807) is 6.07 Å². The summed E-state index contributed by atoms with van der Waals surface area (Å²) in [4.78, 5) is 11.0. The van der Waals surface area contributed by atoms with E-state index in [2.05, 4.69) is 0 Å². The molecule has 1 aromatic heterocycles. The van der Waals surface area contributed by atoms with Crippen molar-refractivity contribution >= 4 is 5.97 Å². The Morgan fingerprint density at radius 2 is 1.95 bits per heavy atom. The zero-order valence-electron chi connectivity index (χ0n) is 11.1. The van der Waals surface area contributed by atoms with Gasteiger partial charge in [0, 0.05) is 11.4 Å². The van der Waals surface area contributed by atoms with Gasteiger partial charge in [-0.05, 0) is 32.0 Å². The summed E-state index contributed by atoms with van der Waals surface area (Å²) in [6.45, 7) is 4.88. The number of aromatic nitrogens is 1. The Hall–Kier alpha value is -2.23. The number of carboxylic acids is 1. The fourth-order valence-corrected chi connectivity index (χ4v) is 2.13. The summed E-state index contributed by atoms with van der Waals surface area (Å²) in [7, 11) is 0. The smallest absolute Gasteiger partial charge is 0.337 e. The number of carboxylic acid groups (broad SMARTS) is 1. The molecule has 0 atom stereocenters. The van der Waals surface area contributed by atoms with Gasteiger partial charge in [-0.1, -0.05) is 18.2 Å². The van der Waals surface area contributed by atoms with E-state index in [4.69, 9.17) is 9.84 Å². The fraction of sp³-hybridized carbons (Fsp3) is 0.267. The molecule has 0 radical (unpaired) electrons. The minimum Gasteiger partial charge on any atom is -0.492 e. The first kappa shape index (κ1) is 13.2. The number of nitrogens with zero attached hydrogens (tertiary/aromatic N) is 1. The highest BCUT2D eigenvalue weighted by atomic mass is 16.5. The second-order valence-corrected chi connectivity index (χ2v) is 4.40.